The number of nitrogens with zero attached hydrogens (tertiary/aromatic N) is 2. The zero-order valence-electron chi connectivity index (χ0n) is 14.2. The van der Waals surface area contributed by atoms with Gasteiger partial charge >= 0.3 is 0 Å². The Hall–Kier alpha value is -2.51. The Balaban J connectivity index is 1.93. The standard InChI is InChI=1S/C19H16N2O3S2/c1-12(2)13-7-9-15(10-8-13)20-18(22)17(26-19(20)25)11-14-5-3-4-6-16(14)21(23)24/h3-12H,1-2H3. The maximum atomic E-state index is 12.8. The van der Waals surface area contributed by atoms with Gasteiger partial charge < -0.3 is 0 Å². The number of hydrogen-bond acceptors (Lipinski definition) is 5. The van der Waals surface area contributed by atoms with Crippen LogP contribution in [0.15, 0.2) is 53.4 Å². The van der Waals surface area contributed by atoms with Crippen molar-refractivity contribution >= 4 is 51.7 Å². The molecule has 1 saturated heterocycles. The Morgan fingerprint density at radius 1 is 1.15 bits per heavy atom. The van der Waals surface area contributed by atoms with E-state index in [0.717, 1.165) is 11.8 Å². The number of carbonyl (C=O) groups excluding carboxylic acids is 1. The summed E-state index contributed by atoms with van der Waals surface area (Å²) in [5, 5.41) is 11.2. The van der Waals surface area contributed by atoms with Crippen LogP contribution in [0.2, 0.25) is 0 Å². The number of rotatable bonds is 4. The van der Waals surface area contributed by atoms with E-state index in [2.05, 4.69) is 13.8 Å². The quantitative estimate of drug-likeness (QED) is 0.317. The number of thiocarbonyl (C=S) groups is 1. The Bertz CT molecular complexity index is 921. The second kappa shape index (κ2) is 7.39. The lowest BCUT2D eigenvalue weighted by Crippen LogP contribution is -2.27. The fourth-order valence-corrected chi connectivity index (χ4v) is 3.91. The second-order valence-electron chi connectivity index (χ2n) is 6.08. The Kier molecular flexibility index (Phi) is 5.20. The van der Waals surface area contributed by atoms with Gasteiger partial charge in [-0.2, -0.15) is 0 Å². The minimum absolute atomic E-state index is 0.0425. The molecule has 1 amide bonds. The number of anilines is 1. The lowest BCUT2D eigenvalue weighted by Gasteiger charge is -2.15. The van der Waals surface area contributed by atoms with Crippen molar-refractivity contribution in [3.05, 3.63) is 74.7 Å². The van der Waals surface area contributed by atoms with E-state index in [1.807, 2.05) is 24.3 Å². The van der Waals surface area contributed by atoms with Crippen molar-refractivity contribution < 1.29 is 9.72 Å². The molecule has 0 aliphatic carbocycles. The molecule has 2 aromatic rings. The summed E-state index contributed by atoms with van der Waals surface area (Å²) < 4.78 is 0.414. The Labute approximate surface area is 160 Å². The largest absolute Gasteiger partial charge is 0.276 e. The van der Waals surface area contributed by atoms with Crippen LogP contribution in [0.4, 0.5) is 11.4 Å². The highest BCUT2D eigenvalue weighted by Gasteiger charge is 2.33. The minimum atomic E-state index is -0.461. The van der Waals surface area contributed by atoms with Crippen LogP contribution in [-0.2, 0) is 4.79 Å². The molecule has 7 heteroatoms. The van der Waals surface area contributed by atoms with E-state index in [1.54, 1.807) is 18.2 Å². The van der Waals surface area contributed by atoms with Gasteiger partial charge in [-0.1, -0.05) is 62.1 Å². The van der Waals surface area contributed by atoms with Crippen LogP contribution >= 0.6 is 24.0 Å². The zero-order valence-corrected chi connectivity index (χ0v) is 15.8. The van der Waals surface area contributed by atoms with E-state index in [4.69, 9.17) is 12.2 Å². The lowest BCUT2D eigenvalue weighted by molar-refractivity contribution is -0.385. The third-order valence-corrected chi connectivity index (χ3v) is 5.33. The van der Waals surface area contributed by atoms with Crippen molar-refractivity contribution in [3.8, 4) is 0 Å². The highest BCUT2D eigenvalue weighted by Crippen LogP contribution is 2.37. The molecule has 0 unspecified atom stereocenters. The summed E-state index contributed by atoms with van der Waals surface area (Å²) in [7, 11) is 0. The number of amides is 1. The van der Waals surface area contributed by atoms with Gasteiger partial charge in [0.1, 0.15) is 0 Å². The molecule has 3 rings (SSSR count). The van der Waals surface area contributed by atoms with Crippen LogP contribution in [0.3, 0.4) is 0 Å². The van der Waals surface area contributed by atoms with Gasteiger partial charge in [0.25, 0.3) is 11.6 Å². The summed E-state index contributed by atoms with van der Waals surface area (Å²) in [4.78, 5) is 25.3. The first kappa shape index (κ1) is 18.3. The number of thioether (sulfide) groups is 1. The van der Waals surface area contributed by atoms with Gasteiger partial charge in [-0.15, -0.1) is 0 Å². The fourth-order valence-electron chi connectivity index (χ4n) is 2.62. The maximum Gasteiger partial charge on any atom is 0.276 e. The van der Waals surface area contributed by atoms with Gasteiger partial charge in [0.15, 0.2) is 4.32 Å². The summed E-state index contributed by atoms with van der Waals surface area (Å²) in [6.07, 6.45) is 1.53. The van der Waals surface area contributed by atoms with E-state index in [9.17, 15) is 14.9 Å². The summed E-state index contributed by atoms with van der Waals surface area (Å²) in [6.45, 7) is 4.20. The lowest BCUT2D eigenvalue weighted by atomic mass is 10.0. The smallest absolute Gasteiger partial charge is 0.268 e. The Morgan fingerprint density at radius 2 is 1.81 bits per heavy atom. The number of nitro groups is 1. The van der Waals surface area contributed by atoms with Crippen LogP contribution in [0.1, 0.15) is 30.9 Å². The normalized spacial score (nSPS) is 16.0. The molecule has 0 radical (unpaired) electrons. The molecule has 0 atom stereocenters. The molecule has 1 aliphatic rings. The molecule has 0 saturated carbocycles. The number of hydrogen-bond donors (Lipinski definition) is 0. The van der Waals surface area contributed by atoms with Crippen molar-refractivity contribution in [3.63, 3.8) is 0 Å². The molecule has 0 spiro atoms. The molecular formula is C19H16N2O3S2. The average molecular weight is 384 g/mol. The molecule has 0 aromatic heterocycles. The molecule has 26 heavy (non-hydrogen) atoms. The fraction of sp³-hybridized carbons (Fsp3) is 0.158. The SMILES string of the molecule is CC(C)c1ccc(N2C(=O)C(=Cc3ccccc3[N+](=O)[O-])SC2=S)cc1. The average Bonchev–Trinajstić information content (AvgIpc) is 2.89. The van der Waals surface area contributed by atoms with E-state index in [0.29, 0.717) is 26.4 Å². The summed E-state index contributed by atoms with van der Waals surface area (Å²) in [5.74, 6) is 0.129. The molecule has 0 bridgehead atoms. The molecular weight excluding hydrogens is 368 g/mol. The molecule has 1 aliphatic heterocycles. The maximum absolute atomic E-state index is 12.8. The van der Waals surface area contributed by atoms with Crippen LogP contribution in [0.25, 0.3) is 6.08 Å². The van der Waals surface area contributed by atoms with Crippen molar-refractivity contribution in [2.24, 2.45) is 0 Å². The van der Waals surface area contributed by atoms with Crippen molar-refractivity contribution in [2.45, 2.75) is 19.8 Å². The van der Waals surface area contributed by atoms with Gasteiger partial charge in [-0.25, -0.2) is 0 Å². The van der Waals surface area contributed by atoms with Gasteiger partial charge in [-0.05, 0) is 35.8 Å². The number of carbonyl (C=O) groups is 1. The minimum Gasteiger partial charge on any atom is -0.268 e. The van der Waals surface area contributed by atoms with Gasteiger partial charge in [0.05, 0.1) is 21.1 Å². The molecule has 1 fully saturated rings. The molecule has 0 N–H and O–H groups in total. The monoisotopic (exact) mass is 384 g/mol. The summed E-state index contributed by atoms with van der Waals surface area (Å²) in [6, 6.07) is 14.0. The highest BCUT2D eigenvalue weighted by molar-refractivity contribution is 8.27. The summed E-state index contributed by atoms with van der Waals surface area (Å²) in [5.41, 5.74) is 2.21. The van der Waals surface area contributed by atoms with E-state index in [-0.39, 0.29) is 11.6 Å². The summed E-state index contributed by atoms with van der Waals surface area (Å²) >= 11 is 6.50. The third-order valence-electron chi connectivity index (χ3n) is 4.03. The van der Waals surface area contributed by atoms with Crippen LogP contribution < -0.4 is 4.90 Å². The predicted octanol–water partition coefficient (Wildman–Crippen LogP) is 5.12. The Morgan fingerprint density at radius 3 is 2.42 bits per heavy atom. The number of nitro benzene ring substituents is 1. The van der Waals surface area contributed by atoms with Crippen LogP contribution in [0.5, 0.6) is 0 Å². The van der Waals surface area contributed by atoms with E-state index >= 15 is 0 Å². The third kappa shape index (κ3) is 3.54. The van der Waals surface area contributed by atoms with Crippen molar-refractivity contribution in [1.29, 1.82) is 0 Å². The second-order valence-corrected chi connectivity index (χ2v) is 7.76. The highest BCUT2D eigenvalue weighted by atomic mass is 32.2. The van der Waals surface area contributed by atoms with Crippen LogP contribution in [0, 0.1) is 10.1 Å². The first-order valence-corrected chi connectivity index (χ1v) is 9.22. The van der Waals surface area contributed by atoms with E-state index in [1.165, 1.54) is 22.6 Å². The van der Waals surface area contributed by atoms with Crippen molar-refractivity contribution in [2.75, 3.05) is 4.90 Å². The molecule has 2 aromatic carbocycles. The first-order chi connectivity index (χ1) is 12.4. The number of para-hydroxylation sites is 1. The molecule has 5 nitrogen and oxygen atoms in total. The van der Waals surface area contributed by atoms with Crippen LogP contribution in [-0.4, -0.2) is 15.2 Å². The topological polar surface area (TPSA) is 63.5 Å². The molecule has 1 heterocycles. The first-order valence-electron chi connectivity index (χ1n) is 8.00. The molecule has 132 valence electrons. The van der Waals surface area contributed by atoms with Gasteiger partial charge in [0.2, 0.25) is 0 Å². The van der Waals surface area contributed by atoms with Crippen molar-refractivity contribution in [1.82, 2.24) is 0 Å². The predicted molar refractivity (Wildman–Crippen MR) is 109 cm³/mol. The number of benzene rings is 2. The van der Waals surface area contributed by atoms with Gasteiger partial charge in [-0.3, -0.25) is 19.8 Å². The van der Waals surface area contributed by atoms with E-state index < -0.39 is 4.92 Å². The van der Waals surface area contributed by atoms with Gasteiger partial charge in [0, 0.05) is 6.07 Å². The zero-order chi connectivity index (χ0) is 18.8.